The summed E-state index contributed by atoms with van der Waals surface area (Å²) in [6.45, 7) is 1.28. The smallest absolute Gasteiger partial charge is 0.325 e. The minimum absolute atomic E-state index is 0.337. The number of phenolic OH excluding ortho intramolecular Hbond substituents is 2. The third kappa shape index (κ3) is 2.41. The van der Waals surface area contributed by atoms with Gasteiger partial charge in [-0.2, -0.15) is 0 Å². The molecule has 0 unspecified atom stereocenters. The van der Waals surface area contributed by atoms with E-state index in [0.717, 1.165) is 0 Å². The van der Waals surface area contributed by atoms with Crippen LogP contribution in [0.4, 0.5) is 0 Å². The molecule has 0 aliphatic carbocycles. The van der Waals surface area contributed by atoms with Crippen LogP contribution in [0.25, 0.3) is 0 Å². The molecular formula is C10H11NO5. The molecule has 1 aromatic carbocycles. The van der Waals surface area contributed by atoms with E-state index in [2.05, 4.69) is 5.32 Å². The van der Waals surface area contributed by atoms with Gasteiger partial charge in [0.25, 0.3) is 5.91 Å². The van der Waals surface area contributed by atoms with Crippen LogP contribution in [-0.4, -0.2) is 33.2 Å². The number of benzene rings is 1. The third-order valence-electron chi connectivity index (χ3n) is 1.97. The standard InChI is InChI=1S/C10H11NO5/c1-5(10(15)16)11-9(14)8-6(12)3-2-4-7(8)13/h2-5,12-13H,1H3,(H,11,14)(H,15,16)/t5-/m0/s1. The van der Waals surface area contributed by atoms with E-state index in [4.69, 9.17) is 5.11 Å². The molecule has 0 bridgehead atoms. The number of aromatic hydroxyl groups is 2. The highest BCUT2D eigenvalue weighted by Crippen LogP contribution is 2.25. The van der Waals surface area contributed by atoms with Gasteiger partial charge in [-0.1, -0.05) is 6.07 Å². The molecule has 1 rings (SSSR count). The van der Waals surface area contributed by atoms with Crippen molar-refractivity contribution in [3.05, 3.63) is 23.8 Å². The van der Waals surface area contributed by atoms with Crippen LogP contribution in [0.15, 0.2) is 18.2 Å². The second-order valence-corrected chi connectivity index (χ2v) is 3.20. The molecule has 0 aliphatic heterocycles. The topological polar surface area (TPSA) is 107 Å². The average molecular weight is 225 g/mol. The van der Waals surface area contributed by atoms with E-state index in [1.54, 1.807) is 0 Å². The number of carboxylic acids is 1. The van der Waals surface area contributed by atoms with Crippen LogP contribution in [0, 0.1) is 0 Å². The molecule has 0 fully saturated rings. The maximum atomic E-state index is 11.5. The summed E-state index contributed by atoms with van der Waals surface area (Å²) in [5.41, 5.74) is -0.337. The van der Waals surface area contributed by atoms with Crippen LogP contribution in [0.3, 0.4) is 0 Å². The first-order valence-corrected chi connectivity index (χ1v) is 4.48. The second-order valence-electron chi connectivity index (χ2n) is 3.20. The highest BCUT2D eigenvalue weighted by atomic mass is 16.4. The van der Waals surface area contributed by atoms with Crippen LogP contribution in [-0.2, 0) is 4.79 Å². The zero-order chi connectivity index (χ0) is 12.3. The number of amides is 1. The molecule has 0 heterocycles. The van der Waals surface area contributed by atoms with Gasteiger partial charge in [-0.05, 0) is 19.1 Å². The number of carboxylic acid groups (broad SMARTS) is 1. The fraction of sp³-hybridized carbons (Fsp3) is 0.200. The lowest BCUT2D eigenvalue weighted by Gasteiger charge is -2.11. The van der Waals surface area contributed by atoms with Gasteiger partial charge in [0.2, 0.25) is 0 Å². The number of phenols is 2. The summed E-state index contributed by atoms with van der Waals surface area (Å²) in [6, 6.07) is 2.70. The molecule has 1 aromatic rings. The molecule has 0 saturated heterocycles. The molecule has 0 saturated carbocycles. The molecule has 4 N–H and O–H groups in total. The summed E-state index contributed by atoms with van der Waals surface area (Å²) in [6.07, 6.45) is 0. The Kier molecular flexibility index (Phi) is 3.34. The lowest BCUT2D eigenvalue weighted by Crippen LogP contribution is -2.38. The molecule has 1 amide bonds. The lowest BCUT2D eigenvalue weighted by molar-refractivity contribution is -0.138. The highest BCUT2D eigenvalue weighted by molar-refractivity contribution is 6.01. The molecule has 6 heteroatoms. The van der Waals surface area contributed by atoms with Crippen molar-refractivity contribution in [1.82, 2.24) is 5.32 Å². The van der Waals surface area contributed by atoms with Gasteiger partial charge >= 0.3 is 5.97 Å². The van der Waals surface area contributed by atoms with E-state index in [9.17, 15) is 19.8 Å². The van der Waals surface area contributed by atoms with Gasteiger partial charge in [0.15, 0.2) is 0 Å². The van der Waals surface area contributed by atoms with Crippen molar-refractivity contribution in [3.63, 3.8) is 0 Å². The summed E-state index contributed by atoms with van der Waals surface area (Å²) >= 11 is 0. The Balaban J connectivity index is 2.93. The van der Waals surface area contributed by atoms with Crippen LogP contribution in [0.1, 0.15) is 17.3 Å². The van der Waals surface area contributed by atoms with Crippen molar-refractivity contribution in [3.8, 4) is 11.5 Å². The zero-order valence-electron chi connectivity index (χ0n) is 8.47. The van der Waals surface area contributed by atoms with Gasteiger partial charge in [0.1, 0.15) is 23.1 Å². The molecule has 0 aromatic heterocycles. The number of rotatable bonds is 3. The van der Waals surface area contributed by atoms with Gasteiger partial charge in [-0.3, -0.25) is 9.59 Å². The van der Waals surface area contributed by atoms with Crippen LogP contribution in [0.2, 0.25) is 0 Å². The highest BCUT2D eigenvalue weighted by Gasteiger charge is 2.20. The predicted octanol–water partition coefficient (Wildman–Crippen LogP) is 0.301. The Morgan fingerprint density at radius 3 is 2.19 bits per heavy atom. The van der Waals surface area contributed by atoms with E-state index in [0.29, 0.717) is 0 Å². The van der Waals surface area contributed by atoms with E-state index in [1.807, 2.05) is 0 Å². The van der Waals surface area contributed by atoms with Gasteiger partial charge in [0, 0.05) is 0 Å². The molecule has 1 atom stereocenters. The molecule has 6 nitrogen and oxygen atoms in total. The molecule has 16 heavy (non-hydrogen) atoms. The summed E-state index contributed by atoms with van der Waals surface area (Å²) in [5, 5.41) is 29.4. The predicted molar refractivity (Wildman–Crippen MR) is 54.3 cm³/mol. The number of hydrogen-bond acceptors (Lipinski definition) is 4. The molecule has 0 radical (unpaired) electrons. The number of aliphatic carboxylic acids is 1. The zero-order valence-corrected chi connectivity index (χ0v) is 8.47. The van der Waals surface area contributed by atoms with Crippen molar-refractivity contribution in [2.24, 2.45) is 0 Å². The van der Waals surface area contributed by atoms with Crippen LogP contribution in [0.5, 0.6) is 11.5 Å². The minimum atomic E-state index is -1.21. The van der Waals surface area contributed by atoms with Gasteiger partial charge in [-0.25, -0.2) is 0 Å². The van der Waals surface area contributed by atoms with Crippen LogP contribution < -0.4 is 5.32 Å². The Morgan fingerprint density at radius 2 is 1.75 bits per heavy atom. The fourth-order valence-corrected chi connectivity index (χ4v) is 1.09. The second kappa shape index (κ2) is 4.52. The quantitative estimate of drug-likeness (QED) is 0.592. The minimum Gasteiger partial charge on any atom is -0.507 e. The lowest BCUT2D eigenvalue weighted by atomic mass is 10.1. The van der Waals surface area contributed by atoms with Gasteiger partial charge in [0.05, 0.1) is 0 Å². The molecule has 0 spiro atoms. The van der Waals surface area contributed by atoms with E-state index < -0.39 is 29.4 Å². The summed E-state index contributed by atoms with van der Waals surface area (Å²) in [4.78, 5) is 22.0. The monoisotopic (exact) mass is 225 g/mol. The van der Waals surface area contributed by atoms with E-state index in [-0.39, 0.29) is 5.56 Å². The fourth-order valence-electron chi connectivity index (χ4n) is 1.09. The summed E-state index contributed by atoms with van der Waals surface area (Å²) in [7, 11) is 0. The SMILES string of the molecule is C[C@H](NC(=O)c1c(O)cccc1O)C(=O)O. The van der Waals surface area contributed by atoms with Gasteiger partial charge in [-0.15, -0.1) is 0 Å². The Labute approximate surface area is 91.1 Å². The first-order chi connectivity index (χ1) is 7.43. The Hall–Kier alpha value is -2.24. The number of carbonyl (C=O) groups excluding carboxylic acids is 1. The maximum Gasteiger partial charge on any atom is 0.325 e. The molecular weight excluding hydrogens is 214 g/mol. The normalized spacial score (nSPS) is 11.8. The first kappa shape index (κ1) is 11.8. The van der Waals surface area contributed by atoms with Crippen molar-refractivity contribution in [2.45, 2.75) is 13.0 Å². The third-order valence-corrected chi connectivity index (χ3v) is 1.97. The summed E-state index contributed by atoms with van der Waals surface area (Å²) in [5.74, 6) is -2.86. The van der Waals surface area contributed by atoms with Crippen molar-refractivity contribution in [2.75, 3.05) is 0 Å². The average Bonchev–Trinajstić information content (AvgIpc) is 2.16. The number of hydrogen-bond donors (Lipinski definition) is 4. The Bertz CT molecular complexity index is 409. The molecule has 0 aliphatic rings. The Morgan fingerprint density at radius 1 is 1.25 bits per heavy atom. The van der Waals surface area contributed by atoms with Crippen molar-refractivity contribution < 1.29 is 24.9 Å². The summed E-state index contributed by atoms with van der Waals surface area (Å²) < 4.78 is 0. The first-order valence-electron chi connectivity index (χ1n) is 4.48. The van der Waals surface area contributed by atoms with E-state index >= 15 is 0 Å². The maximum absolute atomic E-state index is 11.5. The van der Waals surface area contributed by atoms with Crippen LogP contribution >= 0.6 is 0 Å². The van der Waals surface area contributed by atoms with E-state index in [1.165, 1.54) is 25.1 Å². The van der Waals surface area contributed by atoms with Crippen molar-refractivity contribution in [1.29, 1.82) is 0 Å². The van der Waals surface area contributed by atoms with Crippen molar-refractivity contribution >= 4 is 11.9 Å². The van der Waals surface area contributed by atoms with Gasteiger partial charge < -0.3 is 20.6 Å². The number of nitrogens with one attached hydrogen (secondary N) is 1. The molecule has 86 valence electrons. The number of carbonyl (C=O) groups is 2. The largest absolute Gasteiger partial charge is 0.507 e.